The third-order valence-electron chi connectivity index (χ3n) is 4.36. The number of nitrogens with one attached hydrogen (secondary N) is 1. The summed E-state index contributed by atoms with van der Waals surface area (Å²) in [6.45, 7) is 3.80. The molecular formula is C21H19FN4. The molecule has 5 heteroatoms. The molecule has 4 aromatic rings. The van der Waals surface area contributed by atoms with E-state index in [9.17, 15) is 4.39 Å². The number of aromatic nitrogens is 3. The predicted octanol–water partition coefficient (Wildman–Crippen LogP) is 4.31. The number of hydrogen-bond acceptors (Lipinski definition) is 3. The summed E-state index contributed by atoms with van der Waals surface area (Å²) >= 11 is 0. The zero-order valence-corrected chi connectivity index (χ0v) is 14.5. The Bertz CT molecular complexity index is 1020. The highest BCUT2D eigenvalue weighted by Crippen LogP contribution is 2.35. The largest absolute Gasteiger partial charge is 0.313 e. The van der Waals surface area contributed by atoms with Gasteiger partial charge in [-0.2, -0.15) is 5.10 Å². The molecule has 0 spiro atoms. The molecule has 0 aliphatic carbocycles. The number of hydrogen-bond donors (Lipinski definition) is 1. The van der Waals surface area contributed by atoms with E-state index >= 15 is 0 Å². The van der Waals surface area contributed by atoms with Crippen LogP contribution in [0.3, 0.4) is 0 Å². The van der Waals surface area contributed by atoms with Crippen LogP contribution >= 0.6 is 0 Å². The van der Waals surface area contributed by atoms with Crippen LogP contribution < -0.4 is 5.32 Å². The highest BCUT2D eigenvalue weighted by Gasteiger charge is 2.16. The van der Waals surface area contributed by atoms with Gasteiger partial charge in [0, 0.05) is 36.3 Å². The lowest BCUT2D eigenvalue weighted by Gasteiger charge is -2.05. The number of fused-ring (bicyclic) bond motifs is 1. The van der Waals surface area contributed by atoms with Crippen molar-refractivity contribution in [2.75, 3.05) is 6.54 Å². The van der Waals surface area contributed by atoms with Crippen molar-refractivity contribution >= 4 is 5.52 Å². The molecule has 4 nitrogen and oxygen atoms in total. The van der Waals surface area contributed by atoms with Gasteiger partial charge in [-0.05, 0) is 60.1 Å². The van der Waals surface area contributed by atoms with E-state index in [0.29, 0.717) is 0 Å². The molecule has 0 aliphatic heterocycles. The van der Waals surface area contributed by atoms with Gasteiger partial charge in [0.2, 0.25) is 0 Å². The molecule has 0 atom stereocenters. The second-order valence-electron chi connectivity index (χ2n) is 6.11. The van der Waals surface area contributed by atoms with Gasteiger partial charge in [0.25, 0.3) is 0 Å². The van der Waals surface area contributed by atoms with E-state index < -0.39 is 0 Å². The maximum Gasteiger partial charge on any atom is 0.123 e. The molecule has 0 radical (unpaired) electrons. The molecule has 1 aromatic carbocycles. The SMILES string of the molecule is CCNCc1ccc2c(-c3ccncc3)c(-c3ccc(F)cc3)nn2c1. The van der Waals surface area contributed by atoms with Crippen molar-refractivity contribution in [3.63, 3.8) is 0 Å². The van der Waals surface area contributed by atoms with Gasteiger partial charge in [-0.1, -0.05) is 13.0 Å². The van der Waals surface area contributed by atoms with E-state index in [2.05, 4.69) is 29.4 Å². The summed E-state index contributed by atoms with van der Waals surface area (Å²) in [6, 6.07) is 14.6. The van der Waals surface area contributed by atoms with Crippen LogP contribution in [0.15, 0.2) is 67.1 Å². The monoisotopic (exact) mass is 346 g/mol. The summed E-state index contributed by atoms with van der Waals surface area (Å²) in [5.41, 5.74) is 5.94. The minimum atomic E-state index is -0.254. The van der Waals surface area contributed by atoms with Gasteiger partial charge < -0.3 is 5.32 Å². The highest BCUT2D eigenvalue weighted by molar-refractivity contribution is 5.92. The van der Waals surface area contributed by atoms with Crippen LogP contribution in [0.1, 0.15) is 12.5 Å². The fraction of sp³-hybridized carbons (Fsp3) is 0.143. The van der Waals surface area contributed by atoms with E-state index in [4.69, 9.17) is 5.10 Å². The molecule has 4 rings (SSSR count). The van der Waals surface area contributed by atoms with Gasteiger partial charge in [0.1, 0.15) is 11.5 Å². The predicted molar refractivity (Wildman–Crippen MR) is 101 cm³/mol. The lowest BCUT2D eigenvalue weighted by Crippen LogP contribution is -2.12. The third-order valence-corrected chi connectivity index (χ3v) is 4.36. The Morgan fingerprint density at radius 2 is 1.73 bits per heavy atom. The third kappa shape index (κ3) is 3.09. The van der Waals surface area contributed by atoms with Gasteiger partial charge in [0.05, 0.1) is 5.52 Å². The lowest BCUT2D eigenvalue weighted by atomic mass is 10.0. The quantitative estimate of drug-likeness (QED) is 0.585. The molecule has 3 heterocycles. The zero-order chi connectivity index (χ0) is 17.9. The van der Waals surface area contributed by atoms with E-state index in [1.54, 1.807) is 24.5 Å². The van der Waals surface area contributed by atoms with Gasteiger partial charge in [-0.3, -0.25) is 4.98 Å². The first-order chi connectivity index (χ1) is 12.8. The first-order valence-electron chi connectivity index (χ1n) is 8.64. The van der Waals surface area contributed by atoms with Gasteiger partial charge in [-0.25, -0.2) is 8.91 Å². The highest BCUT2D eigenvalue weighted by atomic mass is 19.1. The first-order valence-corrected chi connectivity index (χ1v) is 8.64. The standard InChI is InChI=1S/C21H19FN4/c1-2-23-13-15-3-8-19-20(16-9-11-24-12-10-16)21(25-26(19)14-15)17-4-6-18(22)7-5-17/h3-12,14,23H,2,13H2,1H3. The van der Waals surface area contributed by atoms with E-state index in [1.807, 2.05) is 22.8 Å². The summed E-state index contributed by atoms with van der Waals surface area (Å²) < 4.78 is 15.3. The van der Waals surface area contributed by atoms with Crippen molar-refractivity contribution in [3.05, 3.63) is 78.5 Å². The minimum absolute atomic E-state index is 0.254. The Kier molecular flexibility index (Phi) is 4.46. The Morgan fingerprint density at radius 3 is 2.46 bits per heavy atom. The molecule has 0 unspecified atom stereocenters. The molecule has 26 heavy (non-hydrogen) atoms. The van der Waals surface area contributed by atoms with Crippen LogP contribution in [0.2, 0.25) is 0 Å². The first kappa shape index (κ1) is 16.4. The Balaban J connectivity index is 1.92. The lowest BCUT2D eigenvalue weighted by molar-refractivity contribution is 0.628. The topological polar surface area (TPSA) is 42.2 Å². The normalized spacial score (nSPS) is 11.2. The summed E-state index contributed by atoms with van der Waals surface area (Å²) in [4.78, 5) is 4.11. The molecule has 130 valence electrons. The smallest absolute Gasteiger partial charge is 0.123 e. The second-order valence-corrected chi connectivity index (χ2v) is 6.11. The van der Waals surface area contributed by atoms with Crippen molar-refractivity contribution in [2.24, 2.45) is 0 Å². The fourth-order valence-corrected chi connectivity index (χ4v) is 3.08. The summed E-state index contributed by atoms with van der Waals surface area (Å²) in [5.74, 6) is -0.254. The van der Waals surface area contributed by atoms with Crippen molar-refractivity contribution in [3.8, 4) is 22.4 Å². The maximum absolute atomic E-state index is 13.4. The van der Waals surface area contributed by atoms with Crippen LogP contribution in [0.5, 0.6) is 0 Å². The molecule has 0 saturated heterocycles. The van der Waals surface area contributed by atoms with Crippen molar-refractivity contribution in [1.29, 1.82) is 0 Å². The van der Waals surface area contributed by atoms with Gasteiger partial charge >= 0.3 is 0 Å². The van der Waals surface area contributed by atoms with Crippen molar-refractivity contribution in [1.82, 2.24) is 19.9 Å². The molecule has 0 amide bonds. The number of benzene rings is 1. The second kappa shape index (κ2) is 7.06. The average molecular weight is 346 g/mol. The number of halogens is 1. The number of nitrogens with zero attached hydrogens (tertiary/aromatic N) is 3. The van der Waals surface area contributed by atoms with Crippen LogP contribution in [-0.2, 0) is 6.54 Å². The molecule has 0 saturated carbocycles. The van der Waals surface area contributed by atoms with E-state index in [-0.39, 0.29) is 5.82 Å². The summed E-state index contributed by atoms with van der Waals surface area (Å²) in [6.07, 6.45) is 5.58. The maximum atomic E-state index is 13.4. The van der Waals surface area contributed by atoms with Crippen molar-refractivity contribution in [2.45, 2.75) is 13.5 Å². The zero-order valence-electron chi connectivity index (χ0n) is 14.5. The Hall–Kier alpha value is -3.05. The van der Waals surface area contributed by atoms with E-state index in [0.717, 1.165) is 46.6 Å². The summed E-state index contributed by atoms with van der Waals surface area (Å²) in [5, 5.41) is 8.13. The molecular weight excluding hydrogens is 327 g/mol. The fourth-order valence-electron chi connectivity index (χ4n) is 3.08. The number of pyridine rings is 2. The van der Waals surface area contributed by atoms with Crippen LogP contribution in [-0.4, -0.2) is 21.1 Å². The van der Waals surface area contributed by atoms with Gasteiger partial charge in [-0.15, -0.1) is 0 Å². The van der Waals surface area contributed by atoms with Gasteiger partial charge in [0.15, 0.2) is 0 Å². The molecule has 0 bridgehead atoms. The minimum Gasteiger partial charge on any atom is -0.313 e. The average Bonchev–Trinajstić information content (AvgIpc) is 3.06. The molecule has 3 aromatic heterocycles. The summed E-state index contributed by atoms with van der Waals surface area (Å²) in [7, 11) is 0. The molecule has 0 aliphatic rings. The molecule has 0 fully saturated rings. The van der Waals surface area contributed by atoms with Crippen molar-refractivity contribution < 1.29 is 4.39 Å². The van der Waals surface area contributed by atoms with Crippen LogP contribution in [0.25, 0.3) is 27.9 Å². The van der Waals surface area contributed by atoms with Crippen LogP contribution in [0, 0.1) is 5.82 Å². The number of rotatable bonds is 5. The Labute approximate surface area is 151 Å². The molecule has 1 N–H and O–H groups in total. The Morgan fingerprint density at radius 1 is 0.962 bits per heavy atom. The van der Waals surface area contributed by atoms with E-state index in [1.165, 1.54) is 12.1 Å². The van der Waals surface area contributed by atoms with Crippen LogP contribution in [0.4, 0.5) is 4.39 Å².